The van der Waals surface area contributed by atoms with Crippen molar-refractivity contribution < 1.29 is 21.6 Å². The zero-order chi connectivity index (χ0) is 30.5. The molecular formula is C31H33F3N6O2S. The third-order valence-corrected chi connectivity index (χ3v) is 9.88. The molecule has 1 saturated heterocycles. The highest BCUT2D eigenvalue weighted by Crippen LogP contribution is 2.48. The maximum Gasteiger partial charge on any atom is 0.416 e. The van der Waals surface area contributed by atoms with Crippen LogP contribution in [-0.4, -0.2) is 67.4 Å². The fourth-order valence-corrected chi connectivity index (χ4v) is 7.88. The Balaban J connectivity index is 1.23. The first-order valence-electron chi connectivity index (χ1n) is 14.2. The molecule has 2 aliphatic heterocycles. The highest BCUT2D eigenvalue weighted by Gasteiger charge is 2.42. The lowest BCUT2D eigenvalue weighted by Crippen LogP contribution is -2.47. The van der Waals surface area contributed by atoms with E-state index in [4.69, 9.17) is 5.10 Å². The Bertz CT molecular complexity index is 1760. The van der Waals surface area contributed by atoms with Crippen molar-refractivity contribution in [1.82, 2.24) is 19.7 Å². The van der Waals surface area contributed by atoms with Gasteiger partial charge in [0.2, 0.25) is 0 Å². The van der Waals surface area contributed by atoms with E-state index < -0.39 is 21.8 Å². The molecule has 0 N–H and O–H groups in total. The molecule has 6 rings (SSSR count). The van der Waals surface area contributed by atoms with Gasteiger partial charge in [0.15, 0.2) is 5.03 Å². The van der Waals surface area contributed by atoms with Crippen molar-refractivity contribution in [2.75, 3.05) is 48.5 Å². The van der Waals surface area contributed by atoms with Gasteiger partial charge in [-0.05, 0) is 50.1 Å². The lowest BCUT2D eigenvalue weighted by molar-refractivity contribution is -0.137. The largest absolute Gasteiger partial charge is 0.416 e. The average molecular weight is 611 g/mol. The van der Waals surface area contributed by atoms with Crippen molar-refractivity contribution in [1.29, 1.82) is 0 Å². The molecule has 226 valence electrons. The second kappa shape index (κ2) is 11.0. The number of nitrogens with zero attached hydrogens (tertiary/aromatic N) is 6. The minimum absolute atomic E-state index is 0.0323. The van der Waals surface area contributed by atoms with Gasteiger partial charge in [-0.3, -0.25) is 13.9 Å². The van der Waals surface area contributed by atoms with Crippen LogP contribution in [0.4, 0.5) is 24.5 Å². The van der Waals surface area contributed by atoms with E-state index in [1.807, 2.05) is 55.3 Å². The number of piperazine rings is 1. The summed E-state index contributed by atoms with van der Waals surface area (Å²) in [5, 5.41) is 4.85. The van der Waals surface area contributed by atoms with Crippen LogP contribution in [0.25, 0.3) is 22.5 Å². The summed E-state index contributed by atoms with van der Waals surface area (Å²) in [7, 11) is -2.15. The van der Waals surface area contributed by atoms with Crippen LogP contribution in [0.2, 0.25) is 0 Å². The fraction of sp³-hybridized carbons (Fsp3) is 0.355. The van der Waals surface area contributed by atoms with Gasteiger partial charge >= 0.3 is 6.18 Å². The van der Waals surface area contributed by atoms with E-state index in [0.29, 0.717) is 67.5 Å². The molecule has 8 nitrogen and oxygen atoms in total. The van der Waals surface area contributed by atoms with Crippen LogP contribution in [-0.2, 0) is 23.2 Å². The number of alkyl halides is 3. The van der Waals surface area contributed by atoms with Crippen LogP contribution in [0, 0.1) is 13.8 Å². The fourth-order valence-electron chi connectivity index (χ4n) is 6.12. The normalized spacial score (nSPS) is 16.7. The summed E-state index contributed by atoms with van der Waals surface area (Å²) in [6.45, 7) is 7.06. The summed E-state index contributed by atoms with van der Waals surface area (Å²) in [5.74, 6) is 0. The smallest absolute Gasteiger partial charge is 0.369 e. The number of anilines is 2. The lowest BCUT2D eigenvalue weighted by atomic mass is 10.0. The first-order chi connectivity index (χ1) is 20.4. The van der Waals surface area contributed by atoms with Crippen molar-refractivity contribution in [2.45, 2.75) is 31.5 Å². The van der Waals surface area contributed by atoms with Crippen molar-refractivity contribution in [2.24, 2.45) is 7.05 Å². The standard InChI is InChI=1S/C31H33F3N6O2S/c1-21-19-22(2)35-30-26(21)27-29(28(37(3)36-27)23-9-5-4-6-10-23)40(43(30,41)42)14-8-13-38-15-17-39(18-16-38)25-12-7-11-24(20-25)31(32,33)34/h4-7,9-12,19-20H,8,13-18H2,1-3H3. The molecular weight excluding hydrogens is 577 g/mol. The number of aromatic nitrogens is 3. The van der Waals surface area contributed by atoms with Crippen molar-refractivity contribution in [3.8, 4) is 22.5 Å². The molecule has 43 heavy (non-hydrogen) atoms. The monoisotopic (exact) mass is 610 g/mol. The number of rotatable bonds is 6. The molecule has 0 bridgehead atoms. The summed E-state index contributed by atoms with van der Waals surface area (Å²) < 4.78 is 71.1. The Morgan fingerprint density at radius 3 is 2.33 bits per heavy atom. The molecule has 12 heteroatoms. The van der Waals surface area contributed by atoms with Crippen LogP contribution in [0.3, 0.4) is 0 Å². The maximum atomic E-state index is 14.2. The maximum absolute atomic E-state index is 14.2. The molecule has 0 radical (unpaired) electrons. The van der Waals surface area contributed by atoms with Gasteiger partial charge < -0.3 is 4.90 Å². The van der Waals surface area contributed by atoms with Gasteiger partial charge in [0, 0.05) is 68.8 Å². The van der Waals surface area contributed by atoms with E-state index in [1.54, 1.807) is 17.7 Å². The number of benzene rings is 2. The predicted molar refractivity (Wildman–Crippen MR) is 161 cm³/mol. The van der Waals surface area contributed by atoms with Gasteiger partial charge in [0.25, 0.3) is 10.0 Å². The van der Waals surface area contributed by atoms with Crippen molar-refractivity contribution >= 4 is 21.4 Å². The topological polar surface area (TPSA) is 74.6 Å². The Labute approximate surface area is 249 Å². The Morgan fingerprint density at radius 1 is 0.907 bits per heavy atom. The van der Waals surface area contributed by atoms with Crippen molar-refractivity contribution in [3.05, 3.63) is 77.5 Å². The molecule has 1 fully saturated rings. The minimum atomic E-state index is -4.38. The van der Waals surface area contributed by atoms with E-state index in [9.17, 15) is 21.6 Å². The van der Waals surface area contributed by atoms with Crippen LogP contribution in [0.1, 0.15) is 23.2 Å². The van der Waals surface area contributed by atoms with Gasteiger partial charge in [-0.2, -0.15) is 26.7 Å². The molecule has 0 saturated carbocycles. The van der Waals surface area contributed by atoms with Crippen molar-refractivity contribution in [3.63, 3.8) is 0 Å². The summed E-state index contributed by atoms with van der Waals surface area (Å²) in [6.07, 6.45) is -3.82. The molecule has 0 amide bonds. The predicted octanol–water partition coefficient (Wildman–Crippen LogP) is 5.51. The zero-order valence-corrected chi connectivity index (χ0v) is 25.1. The van der Waals surface area contributed by atoms with Crippen LogP contribution in [0.15, 0.2) is 65.7 Å². The molecule has 2 aromatic carbocycles. The van der Waals surface area contributed by atoms with Crippen LogP contribution < -0.4 is 9.21 Å². The molecule has 4 aromatic rings. The number of halogens is 3. The van der Waals surface area contributed by atoms with E-state index >= 15 is 0 Å². The number of hydrogen-bond donors (Lipinski definition) is 0. The average Bonchev–Trinajstić information content (AvgIpc) is 3.31. The SMILES string of the molecule is Cc1cc(C)c2c(n1)S(=O)(=O)N(CCCN1CCN(c3cccc(C(F)(F)F)c3)CC1)c1c-2nn(C)c1-c1ccccc1. The van der Waals surface area contributed by atoms with Gasteiger partial charge in [-0.25, -0.2) is 4.98 Å². The van der Waals surface area contributed by atoms with E-state index in [2.05, 4.69) is 9.88 Å². The van der Waals surface area contributed by atoms with Crippen LogP contribution in [0.5, 0.6) is 0 Å². The molecule has 4 heterocycles. The molecule has 0 spiro atoms. The van der Waals surface area contributed by atoms with Crippen LogP contribution >= 0.6 is 0 Å². The molecule has 2 aromatic heterocycles. The Hall–Kier alpha value is -3.90. The first kappa shape index (κ1) is 29.2. The highest BCUT2D eigenvalue weighted by atomic mass is 32.2. The second-order valence-electron chi connectivity index (χ2n) is 11.1. The number of aryl methyl sites for hydroxylation is 3. The van der Waals surface area contributed by atoms with E-state index in [0.717, 1.165) is 22.9 Å². The summed E-state index contributed by atoms with van der Waals surface area (Å²) in [5.41, 5.74) is 4.63. The van der Waals surface area contributed by atoms with Gasteiger partial charge in [0.05, 0.1) is 11.3 Å². The van der Waals surface area contributed by atoms with E-state index in [1.165, 1.54) is 16.4 Å². The summed E-state index contributed by atoms with van der Waals surface area (Å²) >= 11 is 0. The molecule has 0 atom stereocenters. The number of pyridine rings is 1. The minimum Gasteiger partial charge on any atom is -0.369 e. The van der Waals surface area contributed by atoms with E-state index in [-0.39, 0.29) is 11.6 Å². The zero-order valence-electron chi connectivity index (χ0n) is 24.3. The molecule has 0 unspecified atom stereocenters. The summed E-state index contributed by atoms with van der Waals surface area (Å²) in [6, 6.07) is 16.9. The van der Waals surface area contributed by atoms with Gasteiger partial charge in [-0.15, -0.1) is 0 Å². The third kappa shape index (κ3) is 5.38. The quantitative estimate of drug-likeness (QED) is 0.287. The van der Waals surface area contributed by atoms with Gasteiger partial charge in [0.1, 0.15) is 11.4 Å². The molecule has 0 aliphatic carbocycles. The lowest BCUT2D eigenvalue weighted by Gasteiger charge is -2.37. The summed E-state index contributed by atoms with van der Waals surface area (Å²) in [4.78, 5) is 8.67. The Kier molecular flexibility index (Phi) is 7.45. The first-order valence-corrected chi connectivity index (χ1v) is 15.7. The van der Waals surface area contributed by atoms with Gasteiger partial charge in [-0.1, -0.05) is 36.4 Å². The second-order valence-corrected chi connectivity index (χ2v) is 12.9. The molecule has 2 aliphatic rings. The third-order valence-electron chi connectivity index (χ3n) is 8.15. The number of fused-ring (bicyclic) bond motifs is 3. The highest BCUT2D eigenvalue weighted by molar-refractivity contribution is 7.93. The number of sulfonamides is 1. The number of hydrogen-bond acceptors (Lipinski definition) is 6. The Morgan fingerprint density at radius 2 is 1.63 bits per heavy atom.